The fourth-order valence-electron chi connectivity index (χ4n) is 1.33. The summed E-state index contributed by atoms with van der Waals surface area (Å²) in [6, 6.07) is 5.10. The fraction of sp³-hybridized carbons (Fsp3) is 0.231. The number of anilines is 1. The molecule has 0 spiro atoms. The minimum atomic E-state index is -0.678. The number of hydrogen-bond donors (Lipinski definition) is 1. The summed E-state index contributed by atoms with van der Waals surface area (Å²) in [5.41, 5.74) is 0.551. The lowest BCUT2D eigenvalue weighted by molar-refractivity contribution is -0.138. The predicted molar refractivity (Wildman–Crippen MR) is 76.4 cm³/mol. The molecule has 0 fully saturated rings. The highest BCUT2D eigenvalue weighted by atomic mass is 79.9. The van der Waals surface area contributed by atoms with Crippen molar-refractivity contribution in [1.29, 1.82) is 0 Å². The molecule has 0 saturated carbocycles. The summed E-state index contributed by atoms with van der Waals surface area (Å²) in [6.07, 6.45) is 1.02. The summed E-state index contributed by atoms with van der Waals surface area (Å²) in [6.45, 7) is 0. The van der Waals surface area contributed by atoms with Gasteiger partial charge in [-0.3, -0.25) is 0 Å². The molecule has 108 valence electrons. The second-order valence-electron chi connectivity index (χ2n) is 3.55. The van der Waals surface area contributed by atoms with Gasteiger partial charge in [-0.25, -0.2) is 9.59 Å². The van der Waals surface area contributed by atoms with Gasteiger partial charge >= 0.3 is 11.9 Å². The fourth-order valence-corrected chi connectivity index (χ4v) is 1.87. The van der Waals surface area contributed by atoms with E-state index in [4.69, 9.17) is 4.74 Å². The van der Waals surface area contributed by atoms with Crippen molar-refractivity contribution < 1.29 is 23.8 Å². The normalized spacial score (nSPS) is 10.7. The summed E-state index contributed by atoms with van der Waals surface area (Å²) in [4.78, 5) is 22.8. The molecule has 0 unspecified atom stereocenters. The lowest BCUT2D eigenvalue weighted by atomic mass is 10.3. The van der Waals surface area contributed by atoms with Gasteiger partial charge in [0.2, 0.25) is 0 Å². The zero-order chi connectivity index (χ0) is 15.1. The van der Waals surface area contributed by atoms with Crippen molar-refractivity contribution in [2.24, 2.45) is 0 Å². The zero-order valence-electron chi connectivity index (χ0n) is 11.2. The second-order valence-corrected chi connectivity index (χ2v) is 4.40. The van der Waals surface area contributed by atoms with Gasteiger partial charge in [-0.05, 0) is 34.1 Å². The first kappa shape index (κ1) is 16.0. The topological polar surface area (TPSA) is 73.9 Å². The minimum Gasteiger partial charge on any atom is -0.496 e. The van der Waals surface area contributed by atoms with Gasteiger partial charge in [-0.15, -0.1) is 0 Å². The Balaban J connectivity index is 3.01. The van der Waals surface area contributed by atoms with E-state index in [0.29, 0.717) is 15.9 Å². The van der Waals surface area contributed by atoms with E-state index in [1.165, 1.54) is 14.2 Å². The molecule has 1 rings (SSSR count). The molecule has 0 radical (unpaired) electrons. The highest BCUT2D eigenvalue weighted by Crippen LogP contribution is 2.28. The molecule has 0 heterocycles. The molecule has 0 amide bonds. The molecule has 0 aliphatic carbocycles. The molecule has 20 heavy (non-hydrogen) atoms. The number of methoxy groups -OCH3 is 3. The zero-order valence-corrected chi connectivity index (χ0v) is 12.8. The number of hydrogen-bond acceptors (Lipinski definition) is 6. The highest BCUT2D eigenvalue weighted by Gasteiger charge is 2.13. The van der Waals surface area contributed by atoms with Gasteiger partial charge < -0.3 is 19.5 Å². The molecule has 0 bridgehead atoms. The van der Waals surface area contributed by atoms with Gasteiger partial charge in [0, 0.05) is 5.69 Å². The third-order valence-electron chi connectivity index (χ3n) is 2.30. The van der Waals surface area contributed by atoms with Crippen LogP contribution in [0.4, 0.5) is 5.69 Å². The van der Waals surface area contributed by atoms with Crippen LogP contribution < -0.4 is 10.1 Å². The quantitative estimate of drug-likeness (QED) is 0.651. The Morgan fingerprint density at radius 3 is 2.40 bits per heavy atom. The maximum absolute atomic E-state index is 11.6. The minimum absolute atomic E-state index is 0.0311. The van der Waals surface area contributed by atoms with Gasteiger partial charge in [-0.2, -0.15) is 0 Å². The van der Waals surface area contributed by atoms with E-state index < -0.39 is 11.9 Å². The number of nitrogens with one attached hydrogen (secondary N) is 1. The molecule has 0 saturated heterocycles. The summed E-state index contributed by atoms with van der Waals surface area (Å²) < 4.78 is 14.9. The van der Waals surface area contributed by atoms with Crippen LogP contribution in [-0.2, 0) is 19.1 Å². The number of ether oxygens (including phenoxy) is 3. The van der Waals surface area contributed by atoms with E-state index in [0.717, 1.165) is 6.08 Å². The van der Waals surface area contributed by atoms with Crippen LogP contribution in [0.2, 0.25) is 0 Å². The average molecular weight is 344 g/mol. The van der Waals surface area contributed by atoms with Crippen LogP contribution in [0.25, 0.3) is 0 Å². The van der Waals surface area contributed by atoms with Crippen molar-refractivity contribution in [3.8, 4) is 5.75 Å². The summed E-state index contributed by atoms with van der Waals surface area (Å²) in [5, 5.41) is 2.79. The lowest BCUT2D eigenvalue weighted by Gasteiger charge is -2.10. The molecule has 0 aromatic heterocycles. The third-order valence-corrected chi connectivity index (χ3v) is 2.92. The van der Waals surface area contributed by atoms with E-state index in [1.54, 1.807) is 25.3 Å². The molecule has 1 N–H and O–H groups in total. The number of carbonyl (C=O) groups is 2. The summed E-state index contributed by atoms with van der Waals surface area (Å²) in [7, 11) is 3.99. The first-order valence-corrected chi connectivity index (χ1v) is 6.29. The molecule has 0 aliphatic rings. The lowest BCUT2D eigenvalue weighted by Crippen LogP contribution is -2.15. The van der Waals surface area contributed by atoms with E-state index in [1.807, 2.05) is 0 Å². The molecule has 1 aromatic rings. The number of benzene rings is 1. The Hall–Kier alpha value is -2.02. The Kier molecular flexibility index (Phi) is 6.05. The van der Waals surface area contributed by atoms with Crippen molar-refractivity contribution in [3.05, 3.63) is 34.4 Å². The number of carbonyl (C=O) groups excluding carboxylic acids is 2. The van der Waals surface area contributed by atoms with E-state index >= 15 is 0 Å². The van der Waals surface area contributed by atoms with E-state index in [9.17, 15) is 9.59 Å². The van der Waals surface area contributed by atoms with Crippen molar-refractivity contribution in [1.82, 2.24) is 0 Å². The molecule has 0 aliphatic heterocycles. The van der Waals surface area contributed by atoms with Crippen LogP contribution in [0.5, 0.6) is 5.75 Å². The summed E-state index contributed by atoms with van der Waals surface area (Å²) in [5.74, 6) is -0.695. The van der Waals surface area contributed by atoms with Gasteiger partial charge in [0.25, 0.3) is 0 Å². The first-order chi connectivity index (χ1) is 9.51. The third kappa shape index (κ3) is 4.27. The standard InChI is InChI=1S/C13H14BrNO5/c1-18-11-5-4-8(6-9(11)14)15-10(13(17)20-3)7-12(16)19-2/h4-7,15H,1-3H3/b10-7+. The van der Waals surface area contributed by atoms with Gasteiger partial charge in [-0.1, -0.05) is 0 Å². The Morgan fingerprint density at radius 1 is 1.20 bits per heavy atom. The molecule has 7 heteroatoms. The molecule has 6 nitrogen and oxygen atoms in total. The molecule has 1 aromatic carbocycles. The number of esters is 2. The maximum Gasteiger partial charge on any atom is 0.354 e. The smallest absolute Gasteiger partial charge is 0.354 e. The van der Waals surface area contributed by atoms with Crippen LogP contribution in [0.15, 0.2) is 34.4 Å². The molecule has 0 atom stereocenters. The molecular weight excluding hydrogens is 330 g/mol. The SMILES string of the molecule is COC(=O)/C=C(/Nc1ccc(OC)c(Br)c1)C(=O)OC. The van der Waals surface area contributed by atoms with Crippen LogP contribution in [0.1, 0.15) is 0 Å². The van der Waals surface area contributed by atoms with Crippen LogP contribution in [0.3, 0.4) is 0 Å². The average Bonchev–Trinajstić information content (AvgIpc) is 2.45. The number of halogens is 1. The van der Waals surface area contributed by atoms with Crippen LogP contribution >= 0.6 is 15.9 Å². The molecular formula is C13H14BrNO5. The van der Waals surface area contributed by atoms with Crippen LogP contribution in [-0.4, -0.2) is 33.3 Å². The van der Waals surface area contributed by atoms with Crippen molar-refractivity contribution in [2.45, 2.75) is 0 Å². The van der Waals surface area contributed by atoms with Gasteiger partial charge in [0.15, 0.2) is 0 Å². The second kappa shape index (κ2) is 7.54. The Labute approximate surface area is 124 Å². The maximum atomic E-state index is 11.6. The van der Waals surface area contributed by atoms with Crippen LogP contribution in [0, 0.1) is 0 Å². The van der Waals surface area contributed by atoms with Gasteiger partial charge in [0.1, 0.15) is 11.4 Å². The van der Waals surface area contributed by atoms with E-state index in [-0.39, 0.29) is 5.70 Å². The summed E-state index contributed by atoms with van der Waals surface area (Å²) >= 11 is 3.32. The predicted octanol–water partition coefficient (Wildman–Crippen LogP) is 2.10. The van der Waals surface area contributed by atoms with E-state index in [2.05, 4.69) is 30.7 Å². The first-order valence-electron chi connectivity index (χ1n) is 5.50. The number of rotatable bonds is 5. The van der Waals surface area contributed by atoms with Gasteiger partial charge in [0.05, 0.1) is 31.9 Å². The van der Waals surface area contributed by atoms with Crippen molar-refractivity contribution in [3.63, 3.8) is 0 Å². The monoisotopic (exact) mass is 343 g/mol. The largest absolute Gasteiger partial charge is 0.496 e. The Morgan fingerprint density at radius 2 is 1.90 bits per heavy atom. The van der Waals surface area contributed by atoms with Crippen molar-refractivity contribution >= 4 is 33.6 Å². The Bertz CT molecular complexity index is 542. The van der Waals surface area contributed by atoms with Crippen molar-refractivity contribution in [2.75, 3.05) is 26.6 Å². The highest BCUT2D eigenvalue weighted by molar-refractivity contribution is 9.10.